The van der Waals surface area contributed by atoms with Crippen molar-refractivity contribution in [2.75, 3.05) is 45.5 Å². The number of anilines is 1. The van der Waals surface area contributed by atoms with E-state index < -0.39 is 0 Å². The van der Waals surface area contributed by atoms with Gasteiger partial charge in [-0.1, -0.05) is 23.5 Å². The molecule has 0 radical (unpaired) electrons. The Hall–Kier alpha value is -1.80. The summed E-state index contributed by atoms with van der Waals surface area (Å²) in [4.78, 5) is 22.9. The molecule has 3 rings (SSSR count). The van der Waals surface area contributed by atoms with Crippen LogP contribution in [0.2, 0.25) is 0 Å². The molecular formula is C20H24ClN3O2S2. The van der Waals surface area contributed by atoms with Crippen LogP contribution in [0.3, 0.4) is 0 Å². The summed E-state index contributed by atoms with van der Waals surface area (Å²) in [6.45, 7) is 1.32. The number of halogens is 1. The molecule has 8 heteroatoms. The minimum Gasteiger partial charge on any atom is -0.494 e. The molecule has 1 aromatic heterocycles. The first kappa shape index (κ1) is 22.5. The van der Waals surface area contributed by atoms with E-state index in [0.29, 0.717) is 17.2 Å². The van der Waals surface area contributed by atoms with Crippen LogP contribution < -0.4 is 9.64 Å². The highest BCUT2D eigenvalue weighted by atomic mass is 35.5. The van der Waals surface area contributed by atoms with E-state index in [9.17, 15) is 4.79 Å². The van der Waals surface area contributed by atoms with Crippen molar-refractivity contribution >= 4 is 56.8 Å². The fourth-order valence-electron chi connectivity index (χ4n) is 2.69. The summed E-state index contributed by atoms with van der Waals surface area (Å²) >= 11 is 3.14. The molecule has 0 aliphatic rings. The van der Waals surface area contributed by atoms with Crippen LogP contribution in [0.5, 0.6) is 5.75 Å². The molecule has 150 valence electrons. The van der Waals surface area contributed by atoms with Gasteiger partial charge in [-0.15, -0.1) is 24.2 Å². The molecule has 5 nitrogen and oxygen atoms in total. The monoisotopic (exact) mass is 437 g/mol. The number of amides is 1. The molecule has 0 fully saturated rings. The van der Waals surface area contributed by atoms with Crippen molar-refractivity contribution in [2.45, 2.75) is 4.90 Å². The lowest BCUT2D eigenvalue weighted by molar-refractivity contribution is 0.0985. The second-order valence-electron chi connectivity index (χ2n) is 6.30. The van der Waals surface area contributed by atoms with Crippen LogP contribution in [0.15, 0.2) is 47.4 Å². The van der Waals surface area contributed by atoms with Crippen molar-refractivity contribution in [2.24, 2.45) is 0 Å². The molecule has 0 atom stereocenters. The number of ether oxygens (including phenoxy) is 1. The zero-order valence-electron chi connectivity index (χ0n) is 16.3. The highest BCUT2D eigenvalue weighted by Gasteiger charge is 2.22. The van der Waals surface area contributed by atoms with Crippen LogP contribution in [-0.2, 0) is 0 Å². The van der Waals surface area contributed by atoms with Crippen molar-refractivity contribution in [1.29, 1.82) is 0 Å². The fraction of sp³-hybridized carbons (Fsp3) is 0.300. The number of para-hydroxylation sites is 1. The maximum Gasteiger partial charge on any atom is 0.260 e. The predicted molar refractivity (Wildman–Crippen MR) is 122 cm³/mol. The summed E-state index contributed by atoms with van der Waals surface area (Å²) < 4.78 is 6.43. The smallest absolute Gasteiger partial charge is 0.260 e. The molecular weight excluding hydrogens is 414 g/mol. The average Bonchev–Trinajstić information content (AvgIpc) is 3.11. The molecule has 3 aromatic rings. The predicted octanol–water partition coefficient (Wildman–Crippen LogP) is 4.66. The van der Waals surface area contributed by atoms with Gasteiger partial charge in [0.1, 0.15) is 11.3 Å². The Morgan fingerprint density at radius 3 is 2.61 bits per heavy atom. The Labute approximate surface area is 180 Å². The van der Waals surface area contributed by atoms with Crippen molar-refractivity contribution in [1.82, 2.24) is 9.88 Å². The lowest BCUT2D eigenvalue weighted by atomic mass is 10.2. The molecule has 0 spiro atoms. The van der Waals surface area contributed by atoms with Crippen molar-refractivity contribution in [3.8, 4) is 5.75 Å². The number of hydrogen-bond acceptors (Lipinski definition) is 6. The van der Waals surface area contributed by atoms with Crippen LogP contribution >= 0.6 is 35.5 Å². The molecule has 0 aliphatic carbocycles. The zero-order chi connectivity index (χ0) is 19.4. The van der Waals surface area contributed by atoms with Crippen LogP contribution in [-0.4, -0.2) is 56.3 Å². The van der Waals surface area contributed by atoms with E-state index in [0.717, 1.165) is 27.4 Å². The van der Waals surface area contributed by atoms with Gasteiger partial charge >= 0.3 is 0 Å². The zero-order valence-corrected chi connectivity index (χ0v) is 18.8. The van der Waals surface area contributed by atoms with Gasteiger partial charge < -0.3 is 9.64 Å². The first-order valence-corrected chi connectivity index (χ1v) is 10.6. The molecule has 2 aromatic carbocycles. The number of likely N-dealkylation sites (N-methyl/N-ethyl adjacent to an activating group) is 1. The number of hydrogen-bond donors (Lipinski definition) is 0. The first-order valence-electron chi connectivity index (χ1n) is 8.57. The van der Waals surface area contributed by atoms with E-state index in [1.54, 1.807) is 23.8 Å². The van der Waals surface area contributed by atoms with Gasteiger partial charge in [-0.05, 0) is 50.7 Å². The van der Waals surface area contributed by atoms with Crippen molar-refractivity contribution < 1.29 is 9.53 Å². The summed E-state index contributed by atoms with van der Waals surface area (Å²) in [5.74, 6) is 0.685. The Bertz CT molecular complexity index is 946. The second kappa shape index (κ2) is 10.1. The normalized spacial score (nSPS) is 10.8. The Balaban J connectivity index is 0.00000280. The summed E-state index contributed by atoms with van der Waals surface area (Å²) in [5, 5.41) is 0.691. The van der Waals surface area contributed by atoms with E-state index in [2.05, 4.69) is 4.90 Å². The number of aromatic nitrogens is 1. The van der Waals surface area contributed by atoms with Gasteiger partial charge in [0.25, 0.3) is 5.91 Å². The third-order valence-electron chi connectivity index (χ3n) is 4.15. The number of rotatable bonds is 7. The number of benzene rings is 2. The summed E-state index contributed by atoms with van der Waals surface area (Å²) in [6.07, 6.45) is 2.01. The Kier molecular flexibility index (Phi) is 8.12. The minimum absolute atomic E-state index is 0. The number of nitrogens with zero attached hydrogens (tertiary/aromatic N) is 3. The SMILES string of the molecule is COc1cccc2sc(N(CCN(C)C)C(=O)c3cccc(SC)c3)nc12.Cl. The topological polar surface area (TPSA) is 45.7 Å². The van der Waals surface area contributed by atoms with Crippen LogP contribution in [0.1, 0.15) is 10.4 Å². The standard InChI is InChI=1S/C20H23N3O2S2.ClH/c1-22(2)11-12-23(19(24)14-7-5-8-15(13-14)26-4)20-21-18-16(25-3)9-6-10-17(18)27-20;/h5-10,13H,11-12H2,1-4H3;1H. The first-order chi connectivity index (χ1) is 13.0. The van der Waals surface area contributed by atoms with Crippen LogP contribution in [0, 0.1) is 0 Å². The van der Waals surface area contributed by atoms with Gasteiger partial charge in [-0.3, -0.25) is 9.69 Å². The fourth-order valence-corrected chi connectivity index (χ4v) is 4.15. The van der Waals surface area contributed by atoms with E-state index in [4.69, 9.17) is 9.72 Å². The highest BCUT2D eigenvalue weighted by molar-refractivity contribution is 7.98. The molecule has 0 unspecified atom stereocenters. The molecule has 0 saturated heterocycles. The lowest BCUT2D eigenvalue weighted by Gasteiger charge is -2.22. The van der Waals surface area contributed by atoms with Gasteiger partial charge in [-0.2, -0.15) is 0 Å². The second-order valence-corrected chi connectivity index (χ2v) is 8.18. The van der Waals surface area contributed by atoms with E-state index in [-0.39, 0.29) is 18.3 Å². The van der Waals surface area contributed by atoms with Gasteiger partial charge in [0, 0.05) is 23.5 Å². The Morgan fingerprint density at radius 1 is 1.18 bits per heavy atom. The maximum absolute atomic E-state index is 13.3. The maximum atomic E-state index is 13.3. The molecule has 1 heterocycles. The number of fused-ring (bicyclic) bond motifs is 1. The molecule has 0 aliphatic heterocycles. The van der Waals surface area contributed by atoms with Gasteiger partial charge in [-0.25, -0.2) is 4.98 Å². The summed E-state index contributed by atoms with van der Waals surface area (Å²) in [6, 6.07) is 13.6. The average molecular weight is 438 g/mol. The van der Waals surface area contributed by atoms with Gasteiger partial charge in [0.2, 0.25) is 0 Å². The number of thioether (sulfide) groups is 1. The van der Waals surface area contributed by atoms with E-state index in [1.165, 1.54) is 11.3 Å². The Morgan fingerprint density at radius 2 is 1.93 bits per heavy atom. The van der Waals surface area contributed by atoms with Crippen LogP contribution in [0.4, 0.5) is 5.13 Å². The number of methoxy groups -OCH3 is 1. The van der Waals surface area contributed by atoms with Gasteiger partial charge in [0.15, 0.2) is 5.13 Å². The summed E-state index contributed by atoms with van der Waals surface area (Å²) in [5.41, 5.74) is 1.47. The molecule has 0 N–H and O–H groups in total. The summed E-state index contributed by atoms with van der Waals surface area (Å²) in [7, 11) is 5.63. The third-order valence-corrected chi connectivity index (χ3v) is 5.92. The van der Waals surface area contributed by atoms with Crippen molar-refractivity contribution in [3.63, 3.8) is 0 Å². The highest BCUT2D eigenvalue weighted by Crippen LogP contribution is 2.34. The third kappa shape index (κ3) is 4.97. The quantitative estimate of drug-likeness (QED) is 0.503. The number of carbonyl (C=O) groups excluding carboxylic acids is 1. The lowest BCUT2D eigenvalue weighted by Crippen LogP contribution is -2.36. The molecule has 0 saturated carbocycles. The molecule has 28 heavy (non-hydrogen) atoms. The van der Waals surface area contributed by atoms with E-state index >= 15 is 0 Å². The van der Waals surface area contributed by atoms with E-state index in [1.807, 2.05) is 62.8 Å². The molecule has 0 bridgehead atoms. The molecule has 1 amide bonds. The largest absolute Gasteiger partial charge is 0.494 e. The number of carbonyl (C=O) groups is 1. The van der Waals surface area contributed by atoms with Crippen LogP contribution in [0.25, 0.3) is 10.2 Å². The number of thiazole rings is 1. The minimum atomic E-state index is -0.0363. The van der Waals surface area contributed by atoms with Crippen molar-refractivity contribution in [3.05, 3.63) is 48.0 Å². The van der Waals surface area contributed by atoms with Gasteiger partial charge in [0.05, 0.1) is 11.8 Å².